The van der Waals surface area contributed by atoms with Gasteiger partial charge in [0.05, 0.1) is 13.2 Å². The van der Waals surface area contributed by atoms with E-state index in [9.17, 15) is 0 Å². The molecule has 3 heteroatoms. The maximum atomic E-state index is 5.41. The number of rotatable bonds is 2. The van der Waals surface area contributed by atoms with Crippen molar-refractivity contribution in [3.8, 4) is 0 Å². The van der Waals surface area contributed by atoms with Crippen LogP contribution in [0.15, 0.2) is 0 Å². The van der Waals surface area contributed by atoms with Gasteiger partial charge in [-0.15, -0.1) is 11.8 Å². The molecule has 2 aliphatic rings. The molecule has 82 valence electrons. The van der Waals surface area contributed by atoms with Crippen LogP contribution >= 0.6 is 11.8 Å². The van der Waals surface area contributed by atoms with Crippen molar-refractivity contribution in [3.05, 3.63) is 0 Å². The molecule has 2 heterocycles. The van der Waals surface area contributed by atoms with Gasteiger partial charge in [-0.2, -0.15) is 0 Å². The van der Waals surface area contributed by atoms with E-state index < -0.39 is 0 Å². The second-order valence-electron chi connectivity index (χ2n) is 5.06. The molecule has 0 saturated carbocycles. The molecule has 2 fully saturated rings. The highest BCUT2D eigenvalue weighted by molar-refractivity contribution is 8.01. The maximum absolute atomic E-state index is 5.41. The summed E-state index contributed by atoms with van der Waals surface area (Å²) in [5.41, 5.74) is 0. The predicted molar refractivity (Wildman–Crippen MR) is 61.6 cm³/mol. The molecular formula is C11H21NOS. The van der Waals surface area contributed by atoms with E-state index in [1.165, 1.54) is 5.75 Å². The van der Waals surface area contributed by atoms with Crippen molar-refractivity contribution in [2.75, 3.05) is 19.0 Å². The first-order valence-corrected chi connectivity index (χ1v) is 6.55. The SMILES string of the molecule is CC(C)[C@@H]1CSC2(COC2)N1C(C)C. The van der Waals surface area contributed by atoms with E-state index in [0.717, 1.165) is 25.2 Å². The average molecular weight is 215 g/mol. The highest BCUT2D eigenvalue weighted by Gasteiger charge is 2.53. The van der Waals surface area contributed by atoms with Gasteiger partial charge in [-0.25, -0.2) is 0 Å². The molecule has 0 amide bonds. The molecule has 2 aliphatic heterocycles. The van der Waals surface area contributed by atoms with Gasteiger partial charge in [0.2, 0.25) is 0 Å². The van der Waals surface area contributed by atoms with Crippen molar-refractivity contribution in [3.63, 3.8) is 0 Å². The summed E-state index contributed by atoms with van der Waals surface area (Å²) in [6, 6.07) is 1.38. The third-order valence-electron chi connectivity index (χ3n) is 3.33. The molecule has 2 rings (SSSR count). The number of thioether (sulfide) groups is 1. The third-order valence-corrected chi connectivity index (χ3v) is 4.82. The second-order valence-corrected chi connectivity index (χ2v) is 6.44. The molecule has 0 unspecified atom stereocenters. The van der Waals surface area contributed by atoms with Crippen LogP contribution in [0.2, 0.25) is 0 Å². The zero-order chi connectivity index (χ0) is 10.3. The molecule has 0 aliphatic carbocycles. The summed E-state index contributed by atoms with van der Waals surface area (Å²) in [5.74, 6) is 2.03. The molecule has 0 aromatic heterocycles. The van der Waals surface area contributed by atoms with Crippen LogP contribution in [0.4, 0.5) is 0 Å². The molecule has 2 saturated heterocycles. The lowest BCUT2D eigenvalue weighted by Crippen LogP contribution is -2.61. The summed E-state index contributed by atoms with van der Waals surface area (Å²) < 4.78 is 5.41. The van der Waals surface area contributed by atoms with Crippen LogP contribution < -0.4 is 0 Å². The number of hydrogen-bond donors (Lipinski definition) is 0. The molecule has 0 N–H and O–H groups in total. The van der Waals surface area contributed by atoms with Gasteiger partial charge < -0.3 is 4.74 Å². The van der Waals surface area contributed by atoms with Gasteiger partial charge in [0.25, 0.3) is 0 Å². The summed E-state index contributed by atoms with van der Waals surface area (Å²) in [6.07, 6.45) is 0. The van der Waals surface area contributed by atoms with Gasteiger partial charge in [-0.1, -0.05) is 13.8 Å². The summed E-state index contributed by atoms with van der Waals surface area (Å²) in [7, 11) is 0. The van der Waals surface area contributed by atoms with Gasteiger partial charge >= 0.3 is 0 Å². The summed E-state index contributed by atoms with van der Waals surface area (Å²) in [4.78, 5) is 3.02. The standard InChI is InChI=1S/C11H21NOS/c1-8(2)10-5-14-11(6-13-7-11)12(10)9(3)4/h8-10H,5-7H2,1-4H3/t10-/m0/s1. The van der Waals surface area contributed by atoms with Gasteiger partial charge in [0, 0.05) is 17.8 Å². The lowest BCUT2D eigenvalue weighted by atomic mass is 9.99. The van der Waals surface area contributed by atoms with Crippen LogP contribution in [0.3, 0.4) is 0 Å². The highest BCUT2D eigenvalue weighted by Crippen LogP contribution is 2.47. The Balaban J connectivity index is 2.16. The van der Waals surface area contributed by atoms with Crippen LogP contribution in [0.1, 0.15) is 27.7 Å². The van der Waals surface area contributed by atoms with Crippen LogP contribution in [0.5, 0.6) is 0 Å². The molecule has 1 spiro atoms. The smallest absolute Gasteiger partial charge is 0.115 e. The van der Waals surface area contributed by atoms with E-state index in [1.807, 2.05) is 0 Å². The van der Waals surface area contributed by atoms with Gasteiger partial charge in [0.15, 0.2) is 0 Å². The molecular weight excluding hydrogens is 194 g/mol. The van der Waals surface area contributed by atoms with E-state index in [-0.39, 0.29) is 0 Å². The molecule has 0 aromatic carbocycles. The first-order valence-electron chi connectivity index (χ1n) is 5.57. The van der Waals surface area contributed by atoms with Crippen molar-refractivity contribution in [1.82, 2.24) is 4.90 Å². The molecule has 0 aromatic rings. The molecule has 2 nitrogen and oxygen atoms in total. The first kappa shape index (κ1) is 10.8. The minimum absolute atomic E-state index is 0.336. The molecule has 1 atom stereocenters. The molecule has 14 heavy (non-hydrogen) atoms. The second kappa shape index (κ2) is 3.69. The Bertz CT molecular complexity index is 213. The zero-order valence-corrected chi connectivity index (χ0v) is 10.4. The Hall–Kier alpha value is 0.270. The lowest BCUT2D eigenvalue weighted by Gasteiger charge is -2.48. The van der Waals surface area contributed by atoms with E-state index in [0.29, 0.717) is 10.9 Å². The average Bonchev–Trinajstić information content (AvgIpc) is 2.41. The Kier molecular flexibility index (Phi) is 2.84. The lowest BCUT2D eigenvalue weighted by molar-refractivity contribution is -0.106. The first-order chi connectivity index (χ1) is 6.57. The van der Waals surface area contributed by atoms with E-state index in [4.69, 9.17) is 4.74 Å². The molecule has 0 radical (unpaired) electrons. The summed E-state index contributed by atoms with van der Waals surface area (Å²) in [6.45, 7) is 11.1. The minimum atomic E-state index is 0.336. The van der Waals surface area contributed by atoms with Crippen molar-refractivity contribution in [2.45, 2.75) is 44.6 Å². The van der Waals surface area contributed by atoms with Crippen molar-refractivity contribution in [2.24, 2.45) is 5.92 Å². The van der Waals surface area contributed by atoms with Crippen molar-refractivity contribution >= 4 is 11.8 Å². The highest BCUT2D eigenvalue weighted by atomic mass is 32.2. The summed E-state index contributed by atoms with van der Waals surface area (Å²) in [5, 5.41) is 0. The fourth-order valence-electron chi connectivity index (χ4n) is 2.57. The normalized spacial score (nSPS) is 31.7. The Labute approximate surface area is 91.4 Å². The summed E-state index contributed by atoms with van der Waals surface area (Å²) >= 11 is 2.11. The maximum Gasteiger partial charge on any atom is 0.115 e. The zero-order valence-electron chi connectivity index (χ0n) is 9.62. The Morgan fingerprint density at radius 1 is 1.29 bits per heavy atom. The van der Waals surface area contributed by atoms with Crippen molar-refractivity contribution in [1.29, 1.82) is 0 Å². The van der Waals surface area contributed by atoms with Crippen molar-refractivity contribution < 1.29 is 4.74 Å². The Morgan fingerprint density at radius 2 is 1.93 bits per heavy atom. The minimum Gasteiger partial charge on any atom is -0.376 e. The van der Waals surface area contributed by atoms with E-state index in [2.05, 4.69) is 44.4 Å². The Morgan fingerprint density at radius 3 is 2.29 bits per heavy atom. The molecule has 0 bridgehead atoms. The van der Waals surface area contributed by atoms with E-state index >= 15 is 0 Å². The van der Waals surface area contributed by atoms with Gasteiger partial charge in [-0.3, -0.25) is 4.90 Å². The van der Waals surface area contributed by atoms with Gasteiger partial charge in [0.1, 0.15) is 4.87 Å². The topological polar surface area (TPSA) is 12.5 Å². The van der Waals surface area contributed by atoms with Crippen LogP contribution in [-0.2, 0) is 4.74 Å². The number of hydrogen-bond acceptors (Lipinski definition) is 3. The third kappa shape index (κ3) is 1.50. The number of ether oxygens (including phenoxy) is 1. The van der Waals surface area contributed by atoms with E-state index in [1.54, 1.807) is 0 Å². The largest absolute Gasteiger partial charge is 0.376 e. The fourth-order valence-corrected chi connectivity index (χ4v) is 4.43. The fraction of sp³-hybridized carbons (Fsp3) is 1.00. The predicted octanol–water partition coefficient (Wildman–Crippen LogP) is 2.19. The van der Waals surface area contributed by atoms with Crippen LogP contribution in [0.25, 0.3) is 0 Å². The quantitative estimate of drug-likeness (QED) is 0.700. The van der Waals surface area contributed by atoms with Gasteiger partial charge in [-0.05, 0) is 19.8 Å². The number of nitrogens with zero attached hydrogens (tertiary/aromatic N) is 1. The van der Waals surface area contributed by atoms with Crippen LogP contribution in [-0.4, -0.2) is 40.8 Å². The van der Waals surface area contributed by atoms with Crippen LogP contribution in [0, 0.1) is 5.92 Å². The monoisotopic (exact) mass is 215 g/mol.